The van der Waals surface area contributed by atoms with Gasteiger partial charge in [-0.25, -0.2) is 9.97 Å². The summed E-state index contributed by atoms with van der Waals surface area (Å²) in [6, 6.07) is 13.4. The van der Waals surface area contributed by atoms with E-state index in [2.05, 4.69) is 26.7 Å². The number of aryl methyl sites for hydroxylation is 2. The maximum atomic E-state index is 12.4. The third-order valence-corrected chi connectivity index (χ3v) is 3.88. The molecule has 0 aliphatic carbocycles. The number of amides is 1. The Hall–Kier alpha value is -3.41. The van der Waals surface area contributed by atoms with Gasteiger partial charge in [-0.1, -0.05) is 6.07 Å². The fraction of sp³-hybridized carbons (Fsp3) is 0.227. The second-order valence-corrected chi connectivity index (χ2v) is 6.94. The minimum absolute atomic E-state index is 0.105. The van der Waals surface area contributed by atoms with Crippen molar-refractivity contribution in [3.05, 3.63) is 71.5 Å². The fourth-order valence-electron chi connectivity index (χ4n) is 2.78. The van der Waals surface area contributed by atoms with Crippen LogP contribution in [0.25, 0.3) is 0 Å². The van der Waals surface area contributed by atoms with E-state index in [-0.39, 0.29) is 12.0 Å². The summed E-state index contributed by atoms with van der Waals surface area (Å²) in [5.41, 5.74) is 4.29. The summed E-state index contributed by atoms with van der Waals surface area (Å²) >= 11 is 0. The third kappa shape index (κ3) is 5.30. The average molecular weight is 376 g/mol. The summed E-state index contributed by atoms with van der Waals surface area (Å²) < 4.78 is 5.60. The predicted molar refractivity (Wildman–Crippen MR) is 111 cm³/mol. The standard InChI is InChI=1S/C22H24N4O2/c1-14(2)28-20-7-5-18(6-8-20)25-21(27)17-12-23-22(24-13-17)26-19-10-15(3)9-16(4)11-19/h5-14H,1-4H3,(H,25,27)(H,23,24,26). The predicted octanol–water partition coefficient (Wildman–Crippen LogP) is 4.88. The zero-order valence-corrected chi connectivity index (χ0v) is 16.5. The van der Waals surface area contributed by atoms with E-state index in [1.54, 1.807) is 12.1 Å². The lowest BCUT2D eigenvalue weighted by Gasteiger charge is -2.11. The van der Waals surface area contributed by atoms with Gasteiger partial charge in [0.1, 0.15) is 5.75 Å². The van der Waals surface area contributed by atoms with E-state index in [0.29, 0.717) is 17.2 Å². The monoisotopic (exact) mass is 376 g/mol. The normalized spacial score (nSPS) is 10.6. The molecule has 6 nitrogen and oxygen atoms in total. The largest absolute Gasteiger partial charge is 0.491 e. The molecule has 0 bridgehead atoms. The SMILES string of the molecule is Cc1cc(C)cc(Nc2ncc(C(=O)Nc3ccc(OC(C)C)cc3)cn2)c1. The smallest absolute Gasteiger partial charge is 0.258 e. The van der Waals surface area contributed by atoms with Gasteiger partial charge in [0.05, 0.1) is 11.7 Å². The molecule has 0 radical (unpaired) electrons. The first-order chi connectivity index (χ1) is 13.4. The summed E-state index contributed by atoms with van der Waals surface area (Å²) in [5, 5.41) is 5.98. The first-order valence-electron chi connectivity index (χ1n) is 9.14. The topological polar surface area (TPSA) is 76.1 Å². The zero-order valence-electron chi connectivity index (χ0n) is 16.5. The molecule has 28 heavy (non-hydrogen) atoms. The zero-order chi connectivity index (χ0) is 20.1. The van der Waals surface area contributed by atoms with E-state index in [9.17, 15) is 4.79 Å². The van der Waals surface area contributed by atoms with Crippen molar-refractivity contribution in [2.75, 3.05) is 10.6 Å². The van der Waals surface area contributed by atoms with Gasteiger partial charge in [0.2, 0.25) is 5.95 Å². The molecule has 0 aliphatic rings. The second-order valence-electron chi connectivity index (χ2n) is 6.94. The molecule has 3 aromatic rings. The Morgan fingerprint density at radius 3 is 2.11 bits per heavy atom. The molecule has 0 spiro atoms. The van der Waals surface area contributed by atoms with Gasteiger partial charge in [-0.15, -0.1) is 0 Å². The quantitative estimate of drug-likeness (QED) is 0.641. The van der Waals surface area contributed by atoms with Crippen LogP contribution < -0.4 is 15.4 Å². The second kappa shape index (κ2) is 8.52. The molecule has 0 fully saturated rings. The summed E-state index contributed by atoms with van der Waals surface area (Å²) in [4.78, 5) is 20.9. The van der Waals surface area contributed by atoms with E-state index in [1.807, 2.05) is 52.0 Å². The van der Waals surface area contributed by atoms with Crippen LogP contribution in [0.3, 0.4) is 0 Å². The summed E-state index contributed by atoms with van der Waals surface area (Å²) in [7, 11) is 0. The van der Waals surface area contributed by atoms with Crippen LogP contribution in [-0.2, 0) is 0 Å². The molecule has 0 unspecified atom stereocenters. The number of benzene rings is 2. The van der Waals surface area contributed by atoms with Crippen molar-refractivity contribution in [1.82, 2.24) is 9.97 Å². The van der Waals surface area contributed by atoms with E-state index in [4.69, 9.17) is 4.74 Å². The van der Waals surface area contributed by atoms with Crippen LogP contribution in [0.4, 0.5) is 17.3 Å². The summed E-state index contributed by atoms with van der Waals surface area (Å²) in [6.07, 6.45) is 3.11. The Labute approximate surface area is 165 Å². The minimum Gasteiger partial charge on any atom is -0.491 e. The number of carbonyl (C=O) groups excluding carboxylic acids is 1. The Morgan fingerprint density at radius 2 is 1.54 bits per heavy atom. The highest BCUT2D eigenvalue weighted by molar-refractivity contribution is 6.03. The van der Waals surface area contributed by atoms with E-state index < -0.39 is 0 Å². The van der Waals surface area contributed by atoms with Crippen LogP contribution in [0, 0.1) is 13.8 Å². The summed E-state index contributed by atoms with van der Waals surface area (Å²) in [6.45, 7) is 8.00. The molecular formula is C22H24N4O2. The fourth-order valence-corrected chi connectivity index (χ4v) is 2.78. The van der Waals surface area contributed by atoms with Crippen molar-refractivity contribution in [2.45, 2.75) is 33.8 Å². The first kappa shape index (κ1) is 19.4. The first-order valence-corrected chi connectivity index (χ1v) is 9.14. The minimum atomic E-state index is -0.268. The summed E-state index contributed by atoms with van der Waals surface area (Å²) in [5.74, 6) is 0.936. The lowest BCUT2D eigenvalue weighted by molar-refractivity contribution is 0.102. The van der Waals surface area contributed by atoms with E-state index >= 15 is 0 Å². The number of carbonyl (C=O) groups is 1. The van der Waals surface area contributed by atoms with Gasteiger partial charge >= 0.3 is 0 Å². The number of nitrogens with zero attached hydrogens (tertiary/aromatic N) is 2. The molecule has 0 saturated carbocycles. The Balaban J connectivity index is 1.63. The van der Waals surface area contributed by atoms with Gasteiger partial charge in [-0.05, 0) is 75.2 Å². The molecule has 3 rings (SSSR count). The molecular weight excluding hydrogens is 352 g/mol. The highest BCUT2D eigenvalue weighted by atomic mass is 16.5. The Kier molecular flexibility index (Phi) is 5.89. The van der Waals surface area contributed by atoms with Crippen molar-refractivity contribution < 1.29 is 9.53 Å². The van der Waals surface area contributed by atoms with Crippen molar-refractivity contribution >= 4 is 23.2 Å². The van der Waals surface area contributed by atoms with Gasteiger partial charge < -0.3 is 15.4 Å². The highest BCUT2D eigenvalue weighted by Gasteiger charge is 2.09. The molecule has 6 heteroatoms. The van der Waals surface area contributed by atoms with Crippen LogP contribution in [-0.4, -0.2) is 22.0 Å². The highest BCUT2D eigenvalue weighted by Crippen LogP contribution is 2.19. The van der Waals surface area contributed by atoms with Crippen LogP contribution in [0.2, 0.25) is 0 Å². The maximum Gasteiger partial charge on any atom is 0.258 e. The van der Waals surface area contributed by atoms with Crippen LogP contribution in [0.1, 0.15) is 35.3 Å². The molecule has 0 atom stereocenters. The van der Waals surface area contributed by atoms with Gasteiger partial charge in [-0.3, -0.25) is 4.79 Å². The van der Waals surface area contributed by atoms with E-state index in [1.165, 1.54) is 12.4 Å². The number of nitrogens with one attached hydrogen (secondary N) is 2. The van der Waals surface area contributed by atoms with Crippen molar-refractivity contribution in [2.24, 2.45) is 0 Å². The average Bonchev–Trinajstić information content (AvgIpc) is 2.62. The lowest BCUT2D eigenvalue weighted by Crippen LogP contribution is -2.13. The number of ether oxygens (including phenoxy) is 1. The van der Waals surface area contributed by atoms with Crippen molar-refractivity contribution in [3.8, 4) is 5.75 Å². The van der Waals surface area contributed by atoms with Crippen LogP contribution in [0.15, 0.2) is 54.9 Å². The number of hydrogen-bond acceptors (Lipinski definition) is 5. The Morgan fingerprint density at radius 1 is 0.929 bits per heavy atom. The number of anilines is 3. The molecule has 1 heterocycles. The molecule has 2 aromatic carbocycles. The van der Waals surface area contributed by atoms with Crippen LogP contribution >= 0.6 is 0 Å². The van der Waals surface area contributed by atoms with Crippen molar-refractivity contribution in [1.29, 1.82) is 0 Å². The molecule has 0 saturated heterocycles. The van der Waals surface area contributed by atoms with Crippen LogP contribution in [0.5, 0.6) is 5.75 Å². The molecule has 144 valence electrons. The van der Waals surface area contributed by atoms with Gasteiger partial charge in [0.25, 0.3) is 5.91 Å². The van der Waals surface area contributed by atoms with Crippen molar-refractivity contribution in [3.63, 3.8) is 0 Å². The van der Waals surface area contributed by atoms with Gasteiger partial charge in [0.15, 0.2) is 0 Å². The van der Waals surface area contributed by atoms with E-state index in [0.717, 1.165) is 22.6 Å². The maximum absolute atomic E-state index is 12.4. The molecule has 0 aliphatic heterocycles. The third-order valence-electron chi connectivity index (χ3n) is 3.88. The molecule has 1 aromatic heterocycles. The van der Waals surface area contributed by atoms with Gasteiger partial charge in [-0.2, -0.15) is 0 Å². The Bertz CT molecular complexity index is 931. The number of rotatable bonds is 6. The number of hydrogen-bond donors (Lipinski definition) is 2. The van der Waals surface area contributed by atoms with Gasteiger partial charge in [0, 0.05) is 23.8 Å². The molecule has 2 N–H and O–H groups in total. The molecule has 1 amide bonds. The lowest BCUT2D eigenvalue weighted by atomic mass is 10.1. The number of aromatic nitrogens is 2.